The second-order valence-electron chi connectivity index (χ2n) is 3.90. The summed E-state index contributed by atoms with van der Waals surface area (Å²) in [5.74, 6) is 0. The molecule has 0 aliphatic rings. The Balaban J connectivity index is 1.99. The Morgan fingerprint density at radius 2 is 2.24 bits per heavy atom. The molecule has 2 rings (SSSR count). The number of aryl methyl sites for hydroxylation is 2. The number of hydrogen-bond acceptors (Lipinski definition) is 3. The minimum Gasteiger partial charge on any atom is -0.379 e. The van der Waals surface area contributed by atoms with Gasteiger partial charge in [0.2, 0.25) is 0 Å². The largest absolute Gasteiger partial charge is 0.379 e. The highest BCUT2D eigenvalue weighted by molar-refractivity contribution is 9.10. The first-order valence-corrected chi connectivity index (χ1v) is 7.29. The number of nitrogens with zero attached hydrogens (tertiary/aromatic N) is 1. The molecule has 17 heavy (non-hydrogen) atoms. The summed E-state index contributed by atoms with van der Waals surface area (Å²) in [6, 6.07) is 6.28. The maximum atomic E-state index is 4.53. The number of benzene rings is 1. The van der Waals surface area contributed by atoms with E-state index in [9.17, 15) is 0 Å². The summed E-state index contributed by atoms with van der Waals surface area (Å²) in [7, 11) is 0. The third-order valence-corrected chi connectivity index (χ3v) is 4.47. The maximum Gasteiger partial charge on any atom is 0.0926 e. The van der Waals surface area contributed by atoms with E-state index in [0.29, 0.717) is 0 Å². The van der Waals surface area contributed by atoms with Crippen LogP contribution in [0.15, 0.2) is 28.1 Å². The third-order valence-electron chi connectivity index (χ3n) is 2.53. The van der Waals surface area contributed by atoms with Gasteiger partial charge in [0.1, 0.15) is 0 Å². The Bertz CT molecular complexity index is 508. The van der Waals surface area contributed by atoms with E-state index in [-0.39, 0.29) is 0 Å². The fraction of sp³-hybridized carbons (Fsp3) is 0.308. The lowest BCUT2D eigenvalue weighted by Gasteiger charge is -2.06. The first-order chi connectivity index (χ1) is 8.19. The highest BCUT2D eigenvalue weighted by atomic mass is 79.9. The van der Waals surface area contributed by atoms with Gasteiger partial charge in [0.25, 0.3) is 0 Å². The Kier molecular flexibility index (Phi) is 4.18. The zero-order valence-electron chi connectivity index (χ0n) is 9.96. The van der Waals surface area contributed by atoms with Gasteiger partial charge in [-0.05, 0) is 37.1 Å². The van der Waals surface area contributed by atoms with Crippen molar-refractivity contribution in [2.75, 3.05) is 5.32 Å². The molecule has 1 aromatic carbocycles. The second-order valence-corrected chi connectivity index (χ2v) is 5.70. The van der Waals surface area contributed by atoms with Crippen molar-refractivity contribution in [3.05, 3.63) is 44.3 Å². The average molecular weight is 311 g/mol. The molecule has 1 aromatic heterocycles. The summed E-state index contributed by atoms with van der Waals surface area (Å²) in [5, 5.41) is 6.71. The zero-order chi connectivity index (χ0) is 12.3. The van der Waals surface area contributed by atoms with E-state index in [1.165, 1.54) is 10.6 Å². The van der Waals surface area contributed by atoms with Crippen LogP contribution in [0, 0.1) is 6.92 Å². The topological polar surface area (TPSA) is 24.9 Å². The normalized spacial score (nSPS) is 10.5. The summed E-state index contributed by atoms with van der Waals surface area (Å²) in [5.41, 5.74) is 3.49. The predicted octanol–water partition coefficient (Wildman–Crippen LogP) is 4.39. The molecular weight excluding hydrogens is 296 g/mol. The molecule has 4 heteroatoms. The van der Waals surface area contributed by atoms with Crippen molar-refractivity contribution in [1.82, 2.24) is 4.98 Å². The lowest BCUT2D eigenvalue weighted by atomic mass is 10.2. The van der Waals surface area contributed by atoms with Gasteiger partial charge in [0.05, 0.1) is 17.2 Å². The lowest BCUT2D eigenvalue weighted by Crippen LogP contribution is -2.00. The molecule has 0 atom stereocenters. The van der Waals surface area contributed by atoms with E-state index >= 15 is 0 Å². The summed E-state index contributed by atoms with van der Waals surface area (Å²) in [4.78, 5) is 4.53. The van der Waals surface area contributed by atoms with Crippen LogP contribution < -0.4 is 5.32 Å². The molecule has 1 N–H and O–H groups in total. The number of hydrogen-bond donors (Lipinski definition) is 1. The van der Waals surface area contributed by atoms with Gasteiger partial charge in [0.15, 0.2) is 0 Å². The van der Waals surface area contributed by atoms with E-state index < -0.39 is 0 Å². The van der Waals surface area contributed by atoms with E-state index in [2.05, 4.69) is 63.7 Å². The Morgan fingerprint density at radius 3 is 2.88 bits per heavy atom. The monoisotopic (exact) mass is 310 g/mol. The molecule has 0 aliphatic heterocycles. The molecule has 0 saturated carbocycles. The third kappa shape index (κ3) is 3.30. The highest BCUT2D eigenvalue weighted by Gasteiger charge is 2.01. The SMILES string of the molecule is CCc1nc(CNc2ccc(Br)c(C)c2)cs1. The van der Waals surface area contributed by atoms with E-state index in [0.717, 1.165) is 28.8 Å². The van der Waals surface area contributed by atoms with Crippen LogP contribution in [-0.2, 0) is 13.0 Å². The molecule has 0 amide bonds. The number of thiazole rings is 1. The van der Waals surface area contributed by atoms with Gasteiger partial charge in [-0.15, -0.1) is 11.3 Å². The van der Waals surface area contributed by atoms with E-state index in [1.54, 1.807) is 11.3 Å². The molecule has 0 spiro atoms. The minimum atomic E-state index is 0.789. The van der Waals surface area contributed by atoms with Crippen LogP contribution in [0.2, 0.25) is 0 Å². The van der Waals surface area contributed by atoms with Crippen molar-refractivity contribution < 1.29 is 0 Å². The molecule has 0 bridgehead atoms. The Morgan fingerprint density at radius 1 is 1.41 bits per heavy atom. The second kappa shape index (κ2) is 5.65. The quantitative estimate of drug-likeness (QED) is 0.906. The summed E-state index contributed by atoms with van der Waals surface area (Å²) in [6.45, 7) is 5.01. The fourth-order valence-corrected chi connectivity index (χ4v) is 2.53. The van der Waals surface area contributed by atoms with Crippen molar-refractivity contribution >= 4 is 33.0 Å². The standard InChI is InChI=1S/C13H15BrN2S/c1-3-13-16-11(8-17-13)7-15-10-4-5-12(14)9(2)6-10/h4-6,8,15H,3,7H2,1-2H3. The van der Waals surface area contributed by atoms with Crippen LogP contribution in [0.3, 0.4) is 0 Å². The van der Waals surface area contributed by atoms with Crippen molar-refractivity contribution in [1.29, 1.82) is 0 Å². The molecule has 0 aliphatic carbocycles. The minimum absolute atomic E-state index is 0.789. The van der Waals surface area contributed by atoms with Crippen LogP contribution in [0.1, 0.15) is 23.2 Å². The smallest absolute Gasteiger partial charge is 0.0926 e. The molecule has 90 valence electrons. The van der Waals surface area contributed by atoms with Crippen LogP contribution in [-0.4, -0.2) is 4.98 Å². The first kappa shape index (κ1) is 12.6. The van der Waals surface area contributed by atoms with Gasteiger partial charge in [-0.2, -0.15) is 0 Å². The number of halogens is 1. The number of anilines is 1. The first-order valence-electron chi connectivity index (χ1n) is 5.62. The molecule has 0 unspecified atom stereocenters. The summed E-state index contributed by atoms with van der Waals surface area (Å²) >= 11 is 5.23. The van der Waals surface area contributed by atoms with Gasteiger partial charge in [-0.25, -0.2) is 4.98 Å². The lowest BCUT2D eigenvalue weighted by molar-refractivity contribution is 1.01. The Hall–Kier alpha value is -0.870. The molecule has 1 heterocycles. The van der Waals surface area contributed by atoms with E-state index in [4.69, 9.17) is 0 Å². The maximum absolute atomic E-state index is 4.53. The predicted molar refractivity (Wildman–Crippen MR) is 77.7 cm³/mol. The molecule has 0 radical (unpaired) electrons. The van der Waals surface area contributed by atoms with Crippen LogP contribution >= 0.6 is 27.3 Å². The van der Waals surface area contributed by atoms with Crippen molar-refractivity contribution in [2.45, 2.75) is 26.8 Å². The van der Waals surface area contributed by atoms with Crippen molar-refractivity contribution in [2.24, 2.45) is 0 Å². The molecular formula is C13H15BrN2S. The van der Waals surface area contributed by atoms with Gasteiger partial charge in [-0.1, -0.05) is 22.9 Å². The number of rotatable bonds is 4. The van der Waals surface area contributed by atoms with E-state index in [1.807, 2.05) is 0 Å². The highest BCUT2D eigenvalue weighted by Crippen LogP contribution is 2.20. The molecule has 0 fully saturated rings. The van der Waals surface area contributed by atoms with Crippen LogP contribution in [0.5, 0.6) is 0 Å². The molecule has 2 nitrogen and oxygen atoms in total. The summed E-state index contributed by atoms with van der Waals surface area (Å²) < 4.78 is 1.14. The van der Waals surface area contributed by atoms with Crippen LogP contribution in [0.4, 0.5) is 5.69 Å². The van der Waals surface area contributed by atoms with Gasteiger partial charge >= 0.3 is 0 Å². The number of aromatic nitrogens is 1. The van der Waals surface area contributed by atoms with Crippen molar-refractivity contribution in [3.8, 4) is 0 Å². The van der Waals surface area contributed by atoms with Crippen LogP contribution in [0.25, 0.3) is 0 Å². The van der Waals surface area contributed by atoms with Gasteiger partial charge in [0, 0.05) is 15.5 Å². The van der Waals surface area contributed by atoms with Gasteiger partial charge < -0.3 is 5.32 Å². The molecule has 2 aromatic rings. The number of nitrogens with one attached hydrogen (secondary N) is 1. The Labute approximate surface area is 114 Å². The zero-order valence-corrected chi connectivity index (χ0v) is 12.4. The fourth-order valence-electron chi connectivity index (χ4n) is 1.54. The average Bonchev–Trinajstić information content (AvgIpc) is 2.79. The van der Waals surface area contributed by atoms with Crippen molar-refractivity contribution in [3.63, 3.8) is 0 Å². The summed E-state index contributed by atoms with van der Waals surface area (Å²) in [6.07, 6.45) is 1.02. The van der Waals surface area contributed by atoms with Gasteiger partial charge in [-0.3, -0.25) is 0 Å². The molecule has 0 saturated heterocycles.